The molecule has 0 amide bonds. The van der Waals surface area contributed by atoms with Crippen LogP contribution in [0.3, 0.4) is 0 Å². The Morgan fingerprint density at radius 2 is 1.76 bits per heavy atom. The van der Waals surface area contributed by atoms with E-state index in [2.05, 4.69) is 71.0 Å². The zero-order chi connectivity index (χ0) is 15.3. The average Bonchev–Trinajstić information content (AvgIpc) is 2.98. The van der Waals surface area contributed by atoms with Crippen molar-refractivity contribution in [3.05, 3.63) is 33.4 Å². The molecule has 0 spiro atoms. The Morgan fingerprint density at radius 3 is 2.24 bits per heavy atom. The molecule has 0 bridgehead atoms. The fourth-order valence-electron chi connectivity index (χ4n) is 3.99. The lowest BCUT2D eigenvalue weighted by molar-refractivity contribution is 0.0630. The molecule has 0 heterocycles. The number of hydrogen-bond donors (Lipinski definition) is 2. The molecule has 1 saturated carbocycles. The summed E-state index contributed by atoms with van der Waals surface area (Å²) in [4.78, 5) is 2.62. The first-order chi connectivity index (χ1) is 10.2. The van der Waals surface area contributed by atoms with Crippen LogP contribution >= 0.6 is 22.6 Å². The summed E-state index contributed by atoms with van der Waals surface area (Å²) in [5.74, 6) is 5.98. The first-order valence-corrected chi connectivity index (χ1v) is 9.19. The molecule has 1 aliphatic carbocycles. The number of nitrogens with one attached hydrogen (secondary N) is 1. The Hall–Kier alpha value is -0.170. The van der Waals surface area contributed by atoms with E-state index in [4.69, 9.17) is 5.84 Å². The molecule has 1 atom stereocenters. The minimum Gasteiger partial charge on any atom is -0.297 e. The van der Waals surface area contributed by atoms with Gasteiger partial charge in [-0.05, 0) is 72.6 Å². The normalized spacial score (nSPS) is 19.1. The number of halogens is 1. The summed E-state index contributed by atoms with van der Waals surface area (Å²) in [5.41, 5.74) is 4.75. The molecule has 0 saturated heterocycles. The summed E-state index contributed by atoms with van der Waals surface area (Å²) in [6.45, 7) is 6.73. The SMILES string of the molecule is CCN(CC)C1(C(Cc2ccc(I)cc2)NN)CCCC1. The van der Waals surface area contributed by atoms with E-state index in [-0.39, 0.29) is 5.54 Å². The van der Waals surface area contributed by atoms with E-state index in [9.17, 15) is 0 Å². The second-order valence-electron chi connectivity index (χ2n) is 6.03. The monoisotopic (exact) mass is 401 g/mol. The molecule has 0 radical (unpaired) electrons. The van der Waals surface area contributed by atoms with Crippen molar-refractivity contribution in [2.45, 2.75) is 57.5 Å². The number of hydrazine groups is 1. The molecule has 0 aromatic heterocycles. The van der Waals surface area contributed by atoms with Gasteiger partial charge in [0.2, 0.25) is 0 Å². The third-order valence-corrected chi connectivity index (χ3v) is 5.78. The van der Waals surface area contributed by atoms with Gasteiger partial charge >= 0.3 is 0 Å². The van der Waals surface area contributed by atoms with E-state index in [0.717, 1.165) is 19.5 Å². The average molecular weight is 401 g/mol. The van der Waals surface area contributed by atoms with Gasteiger partial charge in [0.05, 0.1) is 0 Å². The van der Waals surface area contributed by atoms with Crippen molar-refractivity contribution in [1.82, 2.24) is 10.3 Å². The molecular weight excluding hydrogens is 373 g/mol. The highest BCUT2D eigenvalue weighted by atomic mass is 127. The largest absolute Gasteiger partial charge is 0.297 e. The summed E-state index contributed by atoms with van der Waals surface area (Å²) in [6, 6.07) is 9.15. The van der Waals surface area contributed by atoms with Crippen molar-refractivity contribution < 1.29 is 0 Å². The van der Waals surface area contributed by atoms with Gasteiger partial charge in [0.15, 0.2) is 0 Å². The lowest BCUT2D eigenvalue weighted by atomic mass is 9.82. The number of rotatable bonds is 7. The lowest BCUT2D eigenvalue weighted by Gasteiger charge is -2.46. The van der Waals surface area contributed by atoms with E-state index in [0.29, 0.717) is 6.04 Å². The minimum atomic E-state index is 0.223. The van der Waals surface area contributed by atoms with Gasteiger partial charge in [-0.25, -0.2) is 0 Å². The van der Waals surface area contributed by atoms with Crippen molar-refractivity contribution in [2.24, 2.45) is 5.84 Å². The number of nitrogens with two attached hydrogens (primary N) is 1. The maximum Gasteiger partial charge on any atom is 0.0435 e. The predicted molar refractivity (Wildman–Crippen MR) is 98.1 cm³/mol. The van der Waals surface area contributed by atoms with Gasteiger partial charge in [-0.1, -0.05) is 38.8 Å². The highest BCUT2D eigenvalue weighted by Crippen LogP contribution is 2.39. The summed E-state index contributed by atoms with van der Waals surface area (Å²) in [7, 11) is 0. The molecule has 0 aliphatic heterocycles. The molecular formula is C17H28IN3. The van der Waals surface area contributed by atoms with Crippen LogP contribution in [0, 0.1) is 3.57 Å². The molecule has 1 aromatic rings. The molecule has 1 aromatic carbocycles. The highest BCUT2D eigenvalue weighted by Gasteiger charge is 2.44. The van der Waals surface area contributed by atoms with Gasteiger partial charge in [0.25, 0.3) is 0 Å². The fraction of sp³-hybridized carbons (Fsp3) is 0.647. The highest BCUT2D eigenvalue weighted by molar-refractivity contribution is 14.1. The number of hydrogen-bond acceptors (Lipinski definition) is 3. The molecule has 3 N–H and O–H groups in total. The van der Waals surface area contributed by atoms with Crippen LogP contribution in [0.4, 0.5) is 0 Å². The van der Waals surface area contributed by atoms with Crippen LogP contribution in [0.1, 0.15) is 45.1 Å². The third kappa shape index (κ3) is 3.78. The van der Waals surface area contributed by atoms with Gasteiger partial charge in [-0.15, -0.1) is 0 Å². The molecule has 4 heteroatoms. The van der Waals surface area contributed by atoms with Crippen LogP contribution < -0.4 is 11.3 Å². The molecule has 1 aliphatic rings. The number of likely N-dealkylation sites (N-methyl/N-ethyl adjacent to an activating group) is 1. The first-order valence-electron chi connectivity index (χ1n) is 8.12. The summed E-state index contributed by atoms with van der Waals surface area (Å²) in [6.07, 6.45) is 6.16. The van der Waals surface area contributed by atoms with Gasteiger partial charge in [-0.3, -0.25) is 16.2 Å². The number of nitrogens with zero attached hydrogens (tertiary/aromatic N) is 1. The van der Waals surface area contributed by atoms with Crippen LogP contribution in [0.25, 0.3) is 0 Å². The van der Waals surface area contributed by atoms with Gasteiger partial charge < -0.3 is 0 Å². The molecule has 1 unspecified atom stereocenters. The maximum atomic E-state index is 5.98. The topological polar surface area (TPSA) is 41.3 Å². The fourth-order valence-corrected chi connectivity index (χ4v) is 4.35. The lowest BCUT2D eigenvalue weighted by Crippen LogP contribution is -2.62. The van der Waals surface area contributed by atoms with Crippen LogP contribution in [0.15, 0.2) is 24.3 Å². The van der Waals surface area contributed by atoms with Crippen LogP contribution in [0.2, 0.25) is 0 Å². The zero-order valence-electron chi connectivity index (χ0n) is 13.2. The summed E-state index contributed by atoms with van der Waals surface area (Å²) < 4.78 is 1.29. The molecule has 1 fully saturated rings. The smallest absolute Gasteiger partial charge is 0.0435 e. The van der Waals surface area contributed by atoms with Gasteiger partial charge in [0.1, 0.15) is 0 Å². The van der Waals surface area contributed by atoms with Crippen molar-refractivity contribution in [3.8, 4) is 0 Å². The van der Waals surface area contributed by atoms with Crippen molar-refractivity contribution in [3.63, 3.8) is 0 Å². The van der Waals surface area contributed by atoms with Crippen molar-refractivity contribution in [2.75, 3.05) is 13.1 Å². The van der Waals surface area contributed by atoms with Crippen LogP contribution in [0.5, 0.6) is 0 Å². The quantitative estimate of drug-likeness (QED) is 0.419. The standard InChI is InChI=1S/C17H28IN3/c1-3-21(4-2)17(11-5-6-12-17)16(20-19)13-14-7-9-15(18)10-8-14/h7-10,16,20H,3-6,11-13,19H2,1-2H3. The third-order valence-electron chi connectivity index (χ3n) is 5.07. The Balaban J connectivity index is 2.21. The predicted octanol–water partition coefficient (Wildman–Crippen LogP) is 3.32. The summed E-state index contributed by atoms with van der Waals surface area (Å²) >= 11 is 2.35. The van der Waals surface area contributed by atoms with E-state index in [1.54, 1.807) is 0 Å². The van der Waals surface area contributed by atoms with Crippen LogP contribution in [-0.4, -0.2) is 29.6 Å². The Bertz CT molecular complexity index is 422. The van der Waals surface area contributed by atoms with E-state index >= 15 is 0 Å². The Labute approximate surface area is 142 Å². The van der Waals surface area contributed by atoms with Gasteiger partial charge in [0, 0.05) is 15.2 Å². The Kier molecular flexibility index (Phi) is 6.47. The molecule has 118 valence electrons. The van der Waals surface area contributed by atoms with Crippen molar-refractivity contribution >= 4 is 22.6 Å². The van der Waals surface area contributed by atoms with Gasteiger partial charge in [-0.2, -0.15) is 0 Å². The van der Waals surface area contributed by atoms with E-state index in [1.807, 2.05) is 0 Å². The maximum absolute atomic E-state index is 5.98. The second kappa shape index (κ2) is 7.90. The minimum absolute atomic E-state index is 0.223. The molecule has 2 rings (SSSR count). The summed E-state index contributed by atoms with van der Waals surface area (Å²) in [5, 5.41) is 0. The first kappa shape index (κ1) is 17.2. The molecule has 3 nitrogen and oxygen atoms in total. The molecule has 21 heavy (non-hydrogen) atoms. The van der Waals surface area contributed by atoms with Crippen LogP contribution in [-0.2, 0) is 6.42 Å². The van der Waals surface area contributed by atoms with Crippen molar-refractivity contribution in [1.29, 1.82) is 0 Å². The van der Waals surface area contributed by atoms with E-state index in [1.165, 1.54) is 34.8 Å². The second-order valence-corrected chi connectivity index (χ2v) is 7.28. The van der Waals surface area contributed by atoms with E-state index < -0.39 is 0 Å². The number of benzene rings is 1. The zero-order valence-corrected chi connectivity index (χ0v) is 15.4. The Morgan fingerprint density at radius 1 is 1.19 bits per heavy atom.